The van der Waals surface area contributed by atoms with E-state index in [1.807, 2.05) is 24.4 Å². The van der Waals surface area contributed by atoms with Crippen LogP contribution in [-0.4, -0.2) is 24.3 Å². The van der Waals surface area contributed by atoms with Crippen LogP contribution in [0.2, 0.25) is 0 Å². The Morgan fingerprint density at radius 3 is 2.57 bits per heavy atom. The Hall–Kier alpha value is -1.06. The van der Waals surface area contributed by atoms with E-state index in [1.165, 1.54) is 12.0 Å². The Morgan fingerprint density at radius 2 is 2.00 bits per heavy atom. The Morgan fingerprint density at radius 1 is 1.22 bits per heavy atom. The zero-order valence-electron chi connectivity index (χ0n) is 13.4. The average molecular weight is 490 g/mol. The molecule has 3 rings (SSSR count). The molecule has 0 amide bonds. The van der Waals surface area contributed by atoms with Crippen molar-refractivity contribution < 1.29 is 29.6 Å². The molecular weight excluding hydrogens is 466 g/mol. The summed E-state index contributed by atoms with van der Waals surface area (Å²) >= 11 is 0. The largest absolute Gasteiger partial charge is 0.378 e. The fourth-order valence-electron chi connectivity index (χ4n) is 2.75. The quantitative estimate of drug-likeness (QED) is 0.588. The first-order valence-corrected chi connectivity index (χ1v) is 8.06. The predicted molar refractivity (Wildman–Crippen MR) is 87.5 cm³/mol. The summed E-state index contributed by atoms with van der Waals surface area (Å²) in [6.07, 6.45) is 4.53. The molecular formula is C19H23IrNO2. The van der Waals surface area contributed by atoms with E-state index in [-0.39, 0.29) is 20.1 Å². The summed E-state index contributed by atoms with van der Waals surface area (Å²) in [5, 5.41) is 0. The average Bonchev–Trinajstić information content (AvgIpc) is 2.53. The Bertz CT molecular complexity index is 570. The van der Waals surface area contributed by atoms with Gasteiger partial charge in [-0.3, -0.25) is 4.98 Å². The molecule has 3 nitrogen and oxygen atoms in total. The zero-order chi connectivity index (χ0) is 15.2. The van der Waals surface area contributed by atoms with Gasteiger partial charge in [-0.15, -0.1) is 0 Å². The van der Waals surface area contributed by atoms with Crippen LogP contribution < -0.4 is 0 Å². The molecule has 1 radical (unpaired) electrons. The first kappa shape index (κ1) is 18.3. The van der Waals surface area contributed by atoms with Crippen molar-refractivity contribution in [2.45, 2.75) is 32.5 Å². The molecule has 2 heterocycles. The Labute approximate surface area is 151 Å². The van der Waals surface area contributed by atoms with Crippen molar-refractivity contribution in [1.29, 1.82) is 0 Å². The third kappa shape index (κ3) is 4.95. The molecule has 23 heavy (non-hydrogen) atoms. The van der Waals surface area contributed by atoms with Crippen LogP contribution in [0.25, 0.3) is 11.3 Å². The van der Waals surface area contributed by atoms with Crippen LogP contribution in [0.5, 0.6) is 0 Å². The van der Waals surface area contributed by atoms with Gasteiger partial charge in [0.15, 0.2) is 0 Å². The van der Waals surface area contributed by atoms with E-state index in [2.05, 4.69) is 36.2 Å². The van der Waals surface area contributed by atoms with Crippen LogP contribution in [0.1, 0.15) is 25.3 Å². The van der Waals surface area contributed by atoms with Crippen LogP contribution >= 0.6 is 0 Å². The summed E-state index contributed by atoms with van der Waals surface area (Å²) in [5.74, 6) is 0.529. The second-order valence-electron chi connectivity index (χ2n) is 5.79. The number of benzene rings is 1. The molecule has 125 valence electrons. The summed E-state index contributed by atoms with van der Waals surface area (Å²) < 4.78 is 11.4. The smallest absolute Gasteiger partial charge is 0.0717 e. The first-order chi connectivity index (χ1) is 10.9. The standard InChI is InChI=1S/C19H23NO2.Ir/c1-2-16(19-10-12-22-19)14-21-13-15-6-8-17(9-7-15)18-5-3-4-11-20-18;/h3-9,11,16,19H,2,10,12-14H2,1H3;. The van der Waals surface area contributed by atoms with E-state index in [0.717, 1.165) is 30.9 Å². The molecule has 1 saturated heterocycles. The molecule has 1 aromatic carbocycles. The molecule has 1 fully saturated rings. The molecule has 4 heteroatoms. The van der Waals surface area contributed by atoms with Gasteiger partial charge in [0, 0.05) is 44.4 Å². The Kier molecular flexibility index (Phi) is 7.38. The van der Waals surface area contributed by atoms with Gasteiger partial charge in [0.1, 0.15) is 0 Å². The van der Waals surface area contributed by atoms with Gasteiger partial charge in [0.05, 0.1) is 25.0 Å². The van der Waals surface area contributed by atoms with Crippen molar-refractivity contribution in [2.75, 3.05) is 13.2 Å². The van der Waals surface area contributed by atoms with Crippen molar-refractivity contribution in [2.24, 2.45) is 5.92 Å². The fourth-order valence-corrected chi connectivity index (χ4v) is 2.75. The maximum atomic E-state index is 5.88. The molecule has 0 spiro atoms. The second-order valence-corrected chi connectivity index (χ2v) is 5.79. The van der Waals surface area contributed by atoms with E-state index < -0.39 is 0 Å². The normalized spacial score (nSPS) is 17.9. The minimum absolute atomic E-state index is 0. The molecule has 0 N–H and O–H groups in total. The summed E-state index contributed by atoms with van der Waals surface area (Å²) in [7, 11) is 0. The molecule has 1 aliphatic rings. The van der Waals surface area contributed by atoms with E-state index >= 15 is 0 Å². The van der Waals surface area contributed by atoms with Crippen LogP contribution in [0, 0.1) is 5.92 Å². The van der Waals surface area contributed by atoms with Crippen LogP contribution in [-0.2, 0) is 36.2 Å². The topological polar surface area (TPSA) is 31.4 Å². The third-order valence-electron chi connectivity index (χ3n) is 4.30. The number of pyridine rings is 1. The molecule has 1 aromatic heterocycles. The van der Waals surface area contributed by atoms with Gasteiger partial charge < -0.3 is 9.47 Å². The SMILES string of the molecule is CCC(COCc1ccc(-c2ccccn2)cc1)C1CCO1.[Ir]. The molecule has 1 aliphatic heterocycles. The van der Waals surface area contributed by atoms with Gasteiger partial charge in [-0.25, -0.2) is 0 Å². The van der Waals surface area contributed by atoms with Gasteiger partial charge in [-0.2, -0.15) is 0 Å². The minimum atomic E-state index is 0. The summed E-state index contributed by atoms with van der Waals surface area (Å²) in [6.45, 7) is 4.56. The second kappa shape index (κ2) is 9.29. The van der Waals surface area contributed by atoms with Crippen molar-refractivity contribution in [1.82, 2.24) is 4.98 Å². The number of hydrogen-bond donors (Lipinski definition) is 0. The molecule has 2 aromatic rings. The molecule has 2 unspecified atom stereocenters. The van der Waals surface area contributed by atoms with Crippen molar-refractivity contribution in [3.05, 3.63) is 54.2 Å². The number of hydrogen-bond acceptors (Lipinski definition) is 3. The van der Waals surface area contributed by atoms with Crippen LogP contribution in [0.15, 0.2) is 48.7 Å². The van der Waals surface area contributed by atoms with Gasteiger partial charge >= 0.3 is 0 Å². The molecule has 0 aliphatic carbocycles. The molecule has 0 saturated carbocycles. The maximum Gasteiger partial charge on any atom is 0.0717 e. The number of ether oxygens (including phenoxy) is 2. The molecule has 0 bridgehead atoms. The molecule has 2 atom stereocenters. The van der Waals surface area contributed by atoms with Crippen LogP contribution in [0.3, 0.4) is 0 Å². The minimum Gasteiger partial charge on any atom is -0.378 e. The van der Waals surface area contributed by atoms with E-state index in [0.29, 0.717) is 18.6 Å². The third-order valence-corrected chi connectivity index (χ3v) is 4.30. The number of rotatable bonds is 7. The van der Waals surface area contributed by atoms with E-state index in [1.54, 1.807) is 0 Å². The summed E-state index contributed by atoms with van der Waals surface area (Å²) in [6, 6.07) is 14.4. The van der Waals surface area contributed by atoms with Gasteiger partial charge in [0.2, 0.25) is 0 Å². The van der Waals surface area contributed by atoms with E-state index in [4.69, 9.17) is 9.47 Å². The van der Waals surface area contributed by atoms with Crippen molar-refractivity contribution >= 4 is 0 Å². The first-order valence-electron chi connectivity index (χ1n) is 8.06. The fraction of sp³-hybridized carbons (Fsp3) is 0.421. The van der Waals surface area contributed by atoms with Gasteiger partial charge in [-0.1, -0.05) is 37.3 Å². The number of aromatic nitrogens is 1. The number of nitrogens with zero attached hydrogens (tertiary/aromatic N) is 1. The van der Waals surface area contributed by atoms with Gasteiger partial charge in [-0.05, 0) is 30.5 Å². The Balaban J connectivity index is 0.00000192. The van der Waals surface area contributed by atoms with Crippen molar-refractivity contribution in [3.63, 3.8) is 0 Å². The van der Waals surface area contributed by atoms with Gasteiger partial charge in [0.25, 0.3) is 0 Å². The van der Waals surface area contributed by atoms with Crippen molar-refractivity contribution in [3.8, 4) is 11.3 Å². The summed E-state index contributed by atoms with van der Waals surface area (Å²) in [4.78, 5) is 4.37. The van der Waals surface area contributed by atoms with Crippen LogP contribution in [0.4, 0.5) is 0 Å². The maximum absolute atomic E-state index is 5.88. The van der Waals surface area contributed by atoms with E-state index in [9.17, 15) is 0 Å². The summed E-state index contributed by atoms with van der Waals surface area (Å²) in [5.41, 5.74) is 3.34. The monoisotopic (exact) mass is 490 g/mol. The predicted octanol–water partition coefficient (Wildman–Crippen LogP) is 4.08. The zero-order valence-corrected chi connectivity index (χ0v) is 15.8.